The maximum atomic E-state index is 13.9. The SMILES string of the molecule is CN(C(=O)c1ccc(C#CCCO)c(F)c1)C1CCCC1. The standard InChI is InChI=1S/C17H20FNO2/c1-19(15-7-2-3-8-15)17(21)14-10-9-13(16(18)12-14)6-4-5-11-20/h9-10,12,15,20H,2-3,5,7-8,11H2,1H3. The lowest BCUT2D eigenvalue weighted by atomic mass is 10.1. The normalized spacial score (nSPS) is 14.6. The van der Waals surface area contributed by atoms with Crippen LogP contribution in [-0.2, 0) is 0 Å². The van der Waals surface area contributed by atoms with E-state index in [1.165, 1.54) is 12.1 Å². The highest BCUT2D eigenvalue weighted by Gasteiger charge is 2.24. The van der Waals surface area contributed by atoms with E-state index >= 15 is 0 Å². The largest absolute Gasteiger partial charge is 0.395 e. The minimum absolute atomic E-state index is 0.0443. The number of amides is 1. The highest BCUT2D eigenvalue weighted by Crippen LogP contribution is 2.24. The molecule has 1 aliphatic rings. The number of rotatable bonds is 3. The van der Waals surface area contributed by atoms with Crippen LogP contribution in [0.2, 0.25) is 0 Å². The Labute approximate surface area is 124 Å². The van der Waals surface area contributed by atoms with Crippen molar-refractivity contribution in [3.8, 4) is 11.8 Å². The molecule has 1 fully saturated rings. The molecule has 21 heavy (non-hydrogen) atoms. The van der Waals surface area contributed by atoms with Crippen LogP contribution < -0.4 is 0 Å². The molecule has 1 aromatic rings. The molecule has 0 bridgehead atoms. The second kappa shape index (κ2) is 7.24. The molecule has 4 heteroatoms. The number of halogens is 1. The molecule has 3 nitrogen and oxygen atoms in total. The molecule has 1 N–H and O–H groups in total. The maximum Gasteiger partial charge on any atom is 0.253 e. The zero-order valence-corrected chi connectivity index (χ0v) is 12.2. The summed E-state index contributed by atoms with van der Waals surface area (Å²) in [6.45, 7) is -0.0443. The molecule has 1 amide bonds. The molecular formula is C17H20FNO2. The van der Waals surface area contributed by atoms with Gasteiger partial charge in [0.05, 0.1) is 12.2 Å². The molecule has 0 spiro atoms. The number of carbonyl (C=O) groups is 1. The van der Waals surface area contributed by atoms with E-state index in [2.05, 4.69) is 11.8 Å². The lowest BCUT2D eigenvalue weighted by molar-refractivity contribution is 0.0734. The Bertz CT molecular complexity index is 568. The van der Waals surface area contributed by atoms with E-state index in [1.54, 1.807) is 18.0 Å². The summed E-state index contributed by atoms with van der Waals surface area (Å²) in [6.07, 6.45) is 4.65. The summed E-state index contributed by atoms with van der Waals surface area (Å²) in [5, 5.41) is 8.65. The molecular weight excluding hydrogens is 269 g/mol. The van der Waals surface area contributed by atoms with Crippen LogP contribution in [0.1, 0.15) is 48.0 Å². The van der Waals surface area contributed by atoms with Gasteiger partial charge in [-0.3, -0.25) is 4.79 Å². The Morgan fingerprint density at radius 1 is 1.43 bits per heavy atom. The summed E-state index contributed by atoms with van der Waals surface area (Å²) in [6, 6.07) is 4.65. The van der Waals surface area contributed by atoms with Crippen molar-refractivity contribution in [1.82, 2.24) is 4.90 Å². The monoisotopic (exact) mass is 289 g/mol. The third-order valence-corrected chi connectivity index (χ3v) is 3.87. The van der Waals surface area contributed by atoms with Crippen LogP contribution >= 0.6 is 0 Å². The van der Waals surface area contributed by atoms with Crippen LogP contribution in [0.5, 0.6) is 0 Å². The number of hydrogen-bond acceptors (Lipinski definition) is 2. The molecule has 0 saturated heterocycles. The Kier molecular flexibility index (Phi) is 5.35. The van der Waals surface area contributed by atoms with Crippen molar-refractivity contribution < 1.29 is 14.3 Å². The van der Waals surface area contributed by atoms with Gasteiger partial charge in [0.15, 0.2) is 0 Å². The lowest BCUT2D eigenvalue weighted by Gasteiger charge is -2.24. The minimum Gasteiger partial charge on any atom is -0.395 e. The number of carbonyl (C=O) groups excluding carboxylic acids is 1. The second-order valence-electron chi connectivity index (χ2n) is 5.32. The van der Waals surface area contributed by atoms with Crippen LogP contribution in [0.15, 0.2) is 18.2 Å². The first-order valence-corrected chi connectivity index (χ1v) is 7.30. The van der Waals surface area contributed by atoms with Crippen molar-refractivity contribution in [3.05, 3.63) is 35.1 Å². The van der Waals surface area contributed by atoms with E-state index < -0.39 is 5.82 Å². The number of benzene rings is 1. The Morgan fingerprint density at radius 2 is 2.14 bits per heavy atom. The third kappa shape index (κ3) is 3.83. The Balaban J connectivity index is 2.12. The van der Waals surface area contributed by atoms with Crippen LogP contribution in [-0.4, -0.2) is 35.6 Å². The van der Waals surface area contributed by atoms with Gasteiger partial charge in [0.25, 0.3) is 5.91 Å². The average molecular weight is 289 g/mol. The first-order chi connectivity index (χ1) is 10.1. The van der Waals surface area contributed by atoms with Crippen molar-refractivity contribution in [2.75, 3.05) is 13.7 Å². The summed E-state index contributed by atoms with van der Waals surface area (Å²) in [4.78, 5) is 14.1. The highest BCUT2D eigenvalue weighted by molar-refractivity contribution is 5.94. The first kappa shape index (κ1) is 15.5. The van der Waals surface area contributed by atoms with E-state index in [9.17, 15) is 9.18 Å². The van der Waals surface area contributed by atoms with Gasteiger partial charge in [-0.1, -0.05) is 24.7 Å². The fourth-order valence-electron chi connectivity index (χ4n) is 2.62. The van der Waals surface area contributed by atoms with Gasteiger partial charge in [-0.05, 0) is 31.0 Å². The summed E-state index contributed by atoms with van der Waals surface area (Å²) >= 11 is 0. The van der Waals surface area contributed by atoms with E-state index in [0.29, 0.717) is 12.0 Å². The predicted octanol–water partition coefficient (Wildman–Crippen LogP) is 2.57. The molecule has 0 atom stereocenters. The molecule has 0 unspecified atom stereocenters. The van der Waals surface area contributed by atoms with Gasteiger partial charge in [-0.25, -0.2) is 4.39 Å². The number of aliphatic hydroxyl groups excluding tert-OH is 1. The summed E-state index contributed by atoms with van der Waals surface area (Å²) < 4.78 is 13.9. The van der Waals surface area contributed by atoms with Crippen molar-refractivity contribution in [2.24, 2.45) is 0 Å². The van der Waals surface area contributed by atoms with Gasteiger partial charge in [0.1, 0.15) is 5.82 Å². The van der Waals surface area contributed by atoms with Crippen LogP contribution in [0.3, 0.4) is 0 Å². The Hall–Kier alpha value is -1.86. The number of hydrogen-bond donors (Lipinski definition) is 1. The van der Waals surface area contributed by atoms with Crippen molar-refractivity contribution in [3.63, 3.8) is 0 Å². The van der Waals surface area contributed by atoms with Crippen LogP contribution in [0.4, 0.5) is 4.39 Å². The van der Waals surface area contributed by atoms with E-state index in [1.807, 2.05) is 0 Å². The van der Waals surface area contributed by atoms with Gasteiger partial charge in [0.2, 0.25) is 0 Å². The summed E-state index contributed by atoms with van der Waals surface area (Å²) in [7, 11) is 1.78. The summed E-state index contributed by atoms with van der Waals surface area (Å²) in [5.74, 6) is 4.69. The number of nitrogens with zero attached hydrogens (tertiary/aromatic N) is 1. The highest BCUT2D eigenvalue weighted by atomic mass is 19.1. The fraction of sp³-hybridized carbons (Fsp3) is 0.471. The molecule has 1 aromatic carbocycles. The van der Waals surface area contributed by atoms with Gasteiger partial charge >= 0.3 is 0 Å². The minimum atomic E-state index is -0.494. The van der Waals surface area contributed by atoms with E-state index in [0.717, 1.165) is 25.7 Å². The molecule has 0 aliphatic heterocycles. The summed E-state index contributed by atoms with van der Waals surface area (Å²) in [5.41, 5.74) is 0.609. The molecule has 1 saturated carbocycles. The maximum absolute atomic E-state index is 13.9. The van der Waals surface area contributed by atoms with Gasteiger partial charge in [0, 0.05) is 25.1 Å². The lowest BCUT2D eigenvalue weighted by Crippen LogP contribution is -2.35. The van der Waals surface area contributed by atoms with Crippen LogP contribution in [0.25, 0.3) is 0 Å². The number of aliphatic hydroxyl groups is 1. The topological polar surface area (TPSA) is 40.5 Å². The Morgan fingerprint density at radius 3 is 2.76 bits per heavy atom. The van der Waals surface area contributed by atoms with Crippen molar-refractivity contribution in [1.29, 1.82) is 0 Å². The van der Waals surface area contributed by atoms with Gasteiger partial charge in [-0.15, -0.1) is 0 Å². The molecule has 1 aliphatic carbocycles. The molecule has 0 heterocycles. The zero-order valence-electron chi connectivity index (χ0n) is 12.2. The van der Waals surface area contributed by atoms with Crippen molar-refractivity contribution >= 4 is 5.91 Å². The second-order valence-corrected chi connectivity index (χ2v) is 5.32. The van der Waals surface area contributed by atoms with E-state index in [4.69, 9.17) is 5.11 Å². The predicted molar refractivity (Wildman–Crippen MR) is 79.3 cm³/mol. The molecule has 0 radical (unpaired) electrons. The average Bonchev–Trinajstić information content (AvgIpc) is 3.02. The smallest absolute Gasteiger partial charge is 0.253 e. The zero-order chi connectivity index (χ0) is 15.2. The van der Waals surface area contributed by atoms with Gasteiger partial charge in [-0.2, -0.15) is 0 Å². The van der Waals surface area contributed by atoms with E-state index in [-0.39, 0.29) is 24.1 Å². The van der Waals surface area contributed by atoms with Crippen LogP contribution in [0, 0.1) is 17.7 Å². The molecule has 0 aromatic heterocycles. The van der Waals surface area contributed by atoms with Crippen molar-refractivity contribution in [2.45, 2.75) is 38.1 Å². The van der Waals surface area contributed by atoms with Gasteiger partial charge < -0.3 is 10.0 Å². The quantitative estimate of drug-likeness (QED) is 0.869. The fourth-order valence-corrected chi connectivity index (χ4v) is 2.62. The third-order valence-electron chi connectivity index (χ3n) is 3.87. The molecule has 2 rings (SSSR count). The first-order valence-electron chi connectivity index (χ1n) is 7.30. The molecule has 112 valence electrons.